The molecule has 0 aromatic heterocycles. The molecule has 2 nitrogen and oxygen atoms in total. The van der Waals surface area contributed by atoms with Crippen molar-refractivity contribution in [2.75, 3.05) is 0 Å². The lowest BCUT2D eigenvalue weighted by Gasteiger charge is -2.12. The second-order valence-corrected chi connectivity index (χ2v) is 6.54. The van der Waals surface area contributed by atoms with Gasteiger partial charge in [0, 0.05) is 11.4 Å². The molecule has 1 heterocycles. The van der Waals surface area contributed by atoms with E-state index in [2.05, 4.69) is 18.8 Å². The van der Waals surface area contributed by atoms with Crippen LogP contribution in [0.25, 0.3) is 0 Å². The largest absolute Gasteiger partial charge is 0.319 e. The second-order valence-electron chi connectivity index (χ2n) is 3.88. The average molecular weight is 242 g/mol. The minimum atomic E-state index is -0.368. The van der Waals surface area contributed by atoms with Crippen molar-refractivity contribution in [1.29, 1.82) is 0 Å². The zero-order valence-corrected chi connectivity index (χ0v) is 11.1. The molecule has 0 saturated heterocycles. The van der Waals surface area contributed by atoms with E-state index in [1.807, 2.05) is 35.9 Å². The summed E-state index contributed by atoms with van der Waals surface area (Å²) in [6.45, 7) is 6.38. The monoisotopic (exact) mass is 242 g/mol. The van der Waals surface area contributed by atoms with Crippen molar-refractivity contribution < 1.29 is 0 Å². The highest BCUT2D eigenvalue weighted by atomic mass is 33.1. The topological polar surface area (TPSA) is 38.4 Å². The van der Waals surface area contributed by atoms with Gasteiger partial charge in [-0.2, -0.15) is 0 Å². The van der Waals surface area contributed by atoms with Crippen molar-refractivity contribution in [3.05, 3.63) is 24.4 Å². The lowest BCUT2D eigenvalue weighted by atomic mass is 10.0. The van der Waals surface area contributed by atoms with E-state index in [-0.39, 0.29) is 5.54 Å². The van der Waals surface area contributed by atoms with Crippen molar-refractivity contribution in [2.45, 2.75) is 38.0 Å². The molecule has 0 aromatic rings. The summed E-state index contributed by atoms with van der Waals surface area (Å²) in [5, 5.41) is 1.67. The number of hydrogen-bond acceptors (Lipinski definition) is 4. The van der Waals surface area contributed by atoms with Gasteiger partial charge in [0.15, 0.2) is 0 Å². The Labute approximate surface area is 99.9 Å². The second kappa shape index (κ2) is 5.77. The number of nitrogens with two attached hydrogens (primary N) is 1. The Bertz CT molecular complexity index is 293. The summed E-state index contributed by atoms with van der Waals surface area (Å²) in [4.78, 5) is 4.34. The Hall–Kier alpha value is -0.190. The molecule has 0 aliphatic carbocycles. The van der Waals surface area contributed by atoms with Gasteiger partial charge < -0.3 is 5.73 Å². The van der Waals surface area contributed by atoms with Crippen LogP contribution in [0.15, 0.2) is 29.4 Å². The molecule has 1 aliphatic rings. The van der Waals surface area contributed by atoms with Crippen LogP contribution in [0.2, 0.25) is 0 Å². The van der Waals surface area contributed by atoms with Crippen LogP contribution in [-0.4, -0.2) is 15.8 Å². The normalized spacial score (nSPS) is 27.3. The molecule has 0 amide bonds. The summed E-state index contributed by atoms with van der Waals surface area (Å²) in [6, 6.07) is 0. The van der Waals surface area contributed by atoms with Crippen molar-refractivity contribution in [1.82, 2.24) is 0 Å². The van der Waals surface area contributed by atoms with E-state index < -0.39 is 0 Å². The molecular weight excluding hydrogens is 224 g/mol. The molecule has 2 unspecified atom stereocenters. The summed E-state index contributed by atoms with van der Waals surface area (Å²) in [6.07, 6.45) is 8.86. The summed E-state index contributed by atoms with van der Waals surface area (Å²) in [5.74, 6) is 0. The van der Waals surface area contributed by atoms with Crippen molar-refractivity contribution in [3.63, 3.8) is 0 Å². The first kappa shape index (κ1) is 12.9. The molecule has 15 heavy (non-hydrogen) atoms. The third kappa shape index (κ3) is 4.91. The van der Waals surface area contributed by atoms with E-state index in [1.54, 1.807) is 17.0 Å². The molecule has 0 aromatic carbocycles. The van der Waals surface area contributed by atoms with Gasteiger partial charge in [-0.15, -0.1) is 0 Å². The van der Waals surface area contributed by atoms with Crippen LogP contribution in [0.4, 0.5) is 0 Å². The quantitative estimate of drug-likeness (QED) is 0.771. The number of rotatable bonds is 3. The summed E-state index contributed by atoms with van der Waals surface area (Å²) >= 11 is 0. The van der Waals surface area contributed by atoms with E-state index in [9.17, 15) is 0 Å². The fourth-order valence-corrected chi connectivity index (χ4v) is 2.99. The third-order valence-electron chi connectivity index (χ3n) is 2.09. The molecule has 2 N–H and O–H groups in total. The molecular formula is C11H18N2S2. The Morgan fingerprint density at radius 3 is 2.93 bits per heavy atom. The zero-order valence-electron chi connectivity index (χ0n) is 9.43. The van der Waals surface area contributed by atoms with E-state index in [0.29, 0.717) is 5.25 Å². The molecule has 1 aliphatic heterocycles. The van der Waals surface area contributed by atoms with Crippen LogP contribution in [-0.2, 0) is 0 Å². The minimum absolute atomic E-state index is 0.368. The van der Waals surface area contributed by atoms with Crippen LogP contribution in [0.5, 0.6) is 0 Å². The molecule has 0 saturated carbocycles. The molecule has 2 atom stereocenters. The molecule has 84 valence electrons. The summed E-state index contributed by atoms with van der Waals surface area (Å²) < 4.78 is 0. The maximum Gasteiger partial charge on any atom is 0.106 e. The van der Waals surface area contributed by atoms with Gasteiger partial charge in [0.2, 0.25) is 0 Å². The van der Waals surface area contributed by atoms with E-state index in [4.69, 9.17) is 5.73 Å². The van der Waals surface area contributed by atoms with Crippen molar-refractivity contribution in [3.8, 4) is 0 Å². The van der Waals surface area contributed by atoms with Gasteiger partial charge in [0.25, 0.3) is 0 Å². The average Bonchev–Trinajstić information content (AvgIpc) is 2.36. The number of aliphatic imine (C=N–C) groups is 1. The fourth-order valence-electron chi connectivity index (χ4n) is 0.870. The van der Waals surface area contributed by atoms with Crippen molar-refractivity contribution >= 4 is 26.6 Å². The van der Waals surface area contributed by atoms with Gasteiger partial charge in [-0.1, -0.05) is 30.7 Å². The SMILES string of the molecule is CCC(C)SSC1=NC=CC(C)(N)C=C1. The first-order chi connectivity index (χ1) is 7.03. The minimum Gasteiger partial charge on any atom is -0.319 e. The van der Waals surface area contributed by atoms with Crippen LogP contribution in [0, 0.1) is 0 Å². The molecule has 4 heteroatoms. The Morgan fingerprint density at radius 1 is 1.53 bits per heavy atom. The lowest BCUT2D eigenvalue weighted by Crippen LogP contribution is -2.30. The first-order valence-corrected chi connectivity index (χ1v) is 7.32. The Kier molecular flexibility index (Phi) is 4.96. The fraction of sp³-hybridized carbons (Fsp3) is 0.545. The standard InChI is InChI=1S/C11H18N2S2/c1-4-9(2)14-15-10-5-6-11(3,12)7-8-13-10/h5-9H,4,12H2,1-3H3. The van der Waals surface area contributed by atoms with Gasteiger partial charge in [-0.05, 0) is 36.3 Å². The van der Waals surface area contributed by atoms with Crippen molar-refractivity contribution in [2.24, 2.45) is 10.7 Å². The molecule has 0 bridgehead atoms. The highest BCUT2D eigenvalue weighted by molar-refractivity contribution is 8.82. The maximum atomic E-state index is 5.96. The number of hydrogen-bond donors (Lipinski definition) is 1. The van der Waals surface area contributed by atoms with E-state index in [1.165, 1.54) is 6.42 Å². The highest BCUT2D eigenvalue weighted by Crippen LogP contribution is 2.30. The summed E-state index contributed by atoms with van der Waals surface area (Å²) in [7, 11) is 3.57. The Morgan fingerprint density at radius 2 is 2.27 bits per heavy atom. The first-order valence-electron chi connectivity index (χ1n) is 5.10. The molecule has 1 rings (SSSR count). The number of nitrogens with zero attached hydrogens (tertiary/aromatic N) is 1. The van der Waals surface area contributed by atoms with Crippen LogP contribution in [0.3, 0.4) is 0 Å². The zero-order chi connectivity index (χ0) is 11.3. The van der Waals surface area contributed by atoms with Gasteiger partial charge in [-0.25, -0.2) is 4.99 Å². The van der Waals surface area contributed by atoms with Crippen LogP contribution < -0.4 is 5.73 Å². The van der Waals surface area contributed by atoms with E-state index >= 15 is 0 Å². The maximum absolute atomic E-state index is 5.96. The predicted molar refractivity (Wildman–Crippen MR) is 73.2 cm³/mol. The predicted octanol–water partition coefficient (Wildman–Crippen LogP) is 3.37. The van der Waals surface area contributed by atoms with E-state index in [0.717, 1.165) is 5.04 Å². The summed E-state index contributed by atoms with van der Waals surface area (Å²) in [5.41, 5.74) is 5.59. The smallest absolute Gasteiger partial charge is 0.106 e. The van der Waals surface area contributed by atoms with Gasteiger partial charge >= 0.3 is 0 Å². The van der Waals surface area contributed by atoms with Gasteiger partial charge in [-0.3, -0.25) is 0 Å². The van der Waals surface area contributed by atoms with Crippen LogP contribution >= 0.6 is 21.6 Å². The Balaban J connectivity index is 2.51. The lowest BCUT2D eigenvalue weighted by molar-refractivity contribution is 0.735. The third-order valence-corrected chi connectivity index (χ3v) is 5.05. The molecule has 0 radical (unpaired) electrons. The highest BCUT2D eigenvalue weighted by Gasteiger charge is 2.12. The molecule has 0 spiro atoms. The van der Waals surface area contributed by atoms with Gasteiger partial charge in [0.1, 0.15) is 5.04 Å². The van der Waals surface area contributed by atoms with Gasteiger partial charge in [0.05, 0.1) is 5.54 Å². The molecule has 0 fully saturated rings. The van der Waals surface area contributed by atoms with Crippen LogP contribution in [0.1, 0.15) is 27.2 Å².